The van der Waals surface area contributed by atoms with E-state index in [4.69, 9.17) is 9.47 Å². The molecule has 0 aromatic rings. The standard InChI is InChI=1S/C12H28N2O2/c1-12(2)11-14(8-10-16-4)7-5-13-6-9-15-3/h12-13H,5-11H2,1-4H3. The molecule has 4 nitrogen and oxygen atoms in total. The molecular weight excluding hydrogens is 204 g/mol. The summed E-state index contributed by atoms with van der Waals surface area (Å²) in [6.45, 7) is 11.3. The van der Waals surface area contributed by atoms with Gasteiger partial charge in [-0.2, -0.15) is 0 Å². The third-order valence-electron chi connectivity index (χ3n) is 2.32. The number of hydrogen-bond donors (Lipinski definition) is 1. The molecule has 4 heteroatoms. The van der Waals surface area contributed by atoms with E-state index < -0.39 is 0 Å². The van der Waals surface area contributed by atoms with Gasteiger partial charge in [-0.05, 0) is 5.92 Å². The Labute approximate surface area is 100 Å². The number of rotatable bonds is 11. The van der Waals surface area contributed by atoms with Crippen LogP contribution >= 0.6 is 0 Å². The van der Waals surface area contributed by atoms with Crippen molar-refractivity contribution in [1.29, 1.82) is 0 Å². The van der Waals surface area contributed by atoms with Crippen LogP contribution in [0.25, 0.3) is 0 Å². The lowest BCUT2D eigenvalue weighted by Crippen LogP contribution is -2.37. The molecule has 16 heavy (non-hydrogen) atoms. The van der Waals surface area contributed by atoms with E-state index in [1.807, 2.05) is 0 Å². The van der Waals surface area contributed by atoms with Crippen molar-refractivity contribution in [2.45, 2.75) is 13.8 Å². The molecule has 0 unspecified atom stereocenters. The summed E-state index contributed by atoms with van der Waals surface area (Å²) < 4.78 is 10.1. The van der Waals surface area contributed by atoms with E-state index in [0.29, 0.717) is 5.92 Å². The lowest BCUT2D eigenvalue weighted by Gasteiger charge is -2.24. The van der Waals surface area contributed by atoms with Crippen molar-refractivity contribution in [1.82, 2.24) is 10.2 Å². The zero-order valence-corrected chi connectivity index (χ0v) is 11.3. The van der Waals surface area contributed by atoms with Gasteiger partial charge in [0.15, 0.2) is 0 Å². The van der Waals surface area contributed by atoms with Gasteiger partial charge in [0, 0.05) is 46.9 Å². The summed E-state index contributed by atoms with van der Waals surface area (Å²) in [5.41, 5.74) is 0. The van der Waals surface area contributed by atoms with Crippen molar-refractivity contribution < 1.29 is 9.47 Å². The Morgan fingerprint density at radius 3 is 2.25 bits per heavy atom. The van der Waals surface area contributed by atoms with E-state index in [9.17, 15) is 0 Å². The average Bonchev–Trinajstić information content (AvgIpc) is 2.24. The molecule has 0 heterocycles. The second-order valence-corrected chi connectivity index (χ2v) is 4.43. The van der Waals surface area contributed by atoms with Crippen LogP contribution in [0.3, 0.4) is 0 Å². The average molecular weight is 232 g/mol. The highest BCUT2D eigenvalue weighted by Gasteiger charge is 2.06. The van der Waals surface area contributed by atoms with Gasteiger partial charge < -0.3 is 14.8 Å². The molecule has 0 saturated carbocycles. The second-order valence-electron chi connectivity index (χ2n) is 4.43. The van der Waals surface area contributed by atoms with Crippen LogP contribution in [0.1, 0.15) is 13.8 Å². The lowest BCUT2D eigenvalue weighted by molar-refractivity contribution is 0.139. The Balaban J connectivity index is 3.56. The maximum atomic E-state index is 5.12. The minimum Gasteiger partial charge on any atom is -0.383 e. The number of nitrogens with zero attached hydrogens (tertiary/aromatic N) is 1. The minimum atomic E-state index is 0.704. The number of nitrogens with one attached hydrogen (secondary N) is 1. The van der Waals surface area contributed by atoms with Gasteiger partial charge in [0.1, 0.15) is 0 Å². The van der Waals surface area contributed by atoms with Crippen molar-refractivity contribution in [3.8, 4) is 0 Å². The van der Waals surface area contributed by atoms with Crippen LogP contribution in [0.2, 0.25) is 0 Å². The van der Waals surface area contributed by atoms with Crippen molar-refractivity contribution in [2.75, 3.05) is 60.2 Å². The Bertz CT molecular complexity index is 143. The van der Waals surface area contributed by atoms with E-state index in [2.05, 4.69) is 24.1 Å². The topological polar surface area (TPSA) is 33.7 Å². The normalized spacial score (nSPS) is 11.6. The van der Waals surface area contributed by atoms with Gasteiger partial charge >= 0.3 is 0 Å². The molecule has 98 valence electrons. The molecule has 0 atom stereocenters. The van der Waals surface area contributed by atoms with Gasteiger partial charge in [-0.15, -0.1) is 0 Å². The van der Waals surface area contributed by atoms with Crippen LogP contribution in [0.4, 0.5) is 0 Å². The molecule has 0 aromatic carbocycles. The molecule has 0 spiro atoms. The zero-order chi connectivity index (χ0) is 12.2. The largest absolute Gasteiger partial charge is 0.383 e. The number of ether oxygens (including phenoxy) is 2. The second kappa shape index (κ2) is 11.3. The Morgan fingerprint density at radius 2 is 1.69 bits per heavy atom. The smallest absolute Gasteiger partial charge is 0.0589 e. The molecule has 1 N–H and O–H groups in total. The highest BCUT2D eigenvalue weighted by atomic mass is 16.5. The van der Waals surface area contributed by atoms with Gasteiger partial charge in [-0.3, -0.25) is 4.90 Å². The fraction of sp³-hybridized carbons (Fsp3) is 1.00. The molecular formula is C12H28N2O2. The first-order chi connectivity index (χ1) is 7.70. The summed E-state index contributed by atoms with van der Waals surface area (Å²) in [5, 5.41) is 3.36. The van der Waals surface area contributed by atoms with E-state index >= 15 is 0 Å². The predicted octanol–water partition coefficient (Wildman–Crippen LogP) is 0.827. The Kier molecular flexibility index (Phi) is 11.2. The molecule has 0 fully saturated rings. The third kappa shape index (κ3) is 10.4. The van der Waals surface area contributed by atoms with Crippen LogP contribution in [-0.2, 0) is 9.47 Å². The maximum absolute atomic E-state index is 5.12. The van der Waals surface area contributed by atoms with E-state index in [0.717, 1.165) is 45.9 Å². The lowest BCUT2D eigenvalue weighted by atomic mass is 10.2. The number of methoxy groups -OCH3 is 2. The van der Waals surface area contributed by atoms with E-state index in [1.54, 1.807) is 14.2 Å². The van der Waals surface area contributed by atoms with Crippen molar-refractivity contribution in [2.24, 2.45) is 5.92 Å². The van der Waals surface area contributed by atoms with Crippen molar-refractivity contribution >= 4 is 0 Å². The van der Waals surface area contributed by atoms with Gasteiger partial charge in [-0.25, -0.2) is 0 Å². The summed E-state index contributed by atoms with van der Waals surface area (Å²) in [7, 11) is 3.48. The molecule has 0 aliphatic carbocycles. The van der Waals surface area contributed by atoms with Gasteiger partial charge in [0.25, 0.3) is 0 Å². The fourth-order valence-corrected chi connectivity index (χ4v) is 1.57. The van der Waals surface area contributed by atoms with Gasteiger partial charge in [-0.1, -0.05) is 13.8 Å². The summed E-state index contributed by atoms with van der Waals surface area (Å²) in [4.78, 5) is 2.44. The zero-order valence-electron chi connectivity index (χ0n) is 11.3. The SMILES string of the molecule is COCCNCCN(CCOC)CC(C)C. The molecule has 0 aliphatic heterocycles. The molecule has 0 aliphatic rings. The van der Waals surface area contributed by atoms with Crippen LogP contribution < -0.4 is 5.32 Å². The Morgan fingerprint density at radius 1 is 1.00 bits per heavy atom. The highest BCUT2D eigenvalue weighted by Crippen LogP contribution is 1.97. The first-order valence-corrected chi connectivity index (χ1v) is 6.11. The quantitative estimate of drug-likeness (QED) is 0.535. The third-order valence-corrected chi connectivity index (χ3v) is 2.32. The van der Waals surface area contributed by atoms with E-state index in [-0.39, 0.29) is 0 Å². The first kappa shape index (κ1) is 15.8. The minimum absolute atomic E-state index is 0.704. The maximum Gasteiger partial charge on any atom is 0.0589 e. The Hall–Kier alpha value is -0.160. The summed E-state index contributed by atoms with van der Waals surface area (Å²) >= 11 is 0. The number of hydrogen-bond acceptors (Lipinski definition) is 4. The van der Waals surface area contributed by atoms with Crippen LogP contribution in [0.5, 0.6) is 0 Å². The molecule has 0 bridgehead atoms. The van der Waals surface area contributed by atoms with Gasteiger partial charge in [0.05, 0.1) is 13.2 Å². The summed E-state index contributed by atoms with van der Waals surface area (Å²) in [5.74, 6) is 0.704. The van der Waals surface area contributed by atoms with Gasteiger partial charge in [0.2, 0.25) is 0 Å². The fourth-order valence-electron chi connectivity index (χ4n) is 1.57. The predicted molar refractivity (Wildman–Crippen MR) is 67.9 cm³/mol. The molecule has 0 aromatic heterocycles. The van der Waals surface area contributed by atoms with Crippen molar-refractivity contribution in [3.05, 3.63) is 0 Å². The summed E-state index contributed by atoms with van der Waals surface area (Å²) in [6, 6.07) is 0. The van der Waals surface area contributed by atoms with Crippen molar-refractivity contribution in [3.63, 3.8) is 0 Å². The first-order valence-electron chi connectivity index (χ1n) is 6.11. The van der Waals surface area contributed by atoms with Crippen LogP contribution in [0, 0.1) is 5.92 Å². The van der Waals surface area contributed by atoms with Crippen LogP contribution in [0.15, 0.2) is 0 Å². The summed E-state index contributed by atoms with van der Waals surface area (Å²) in [6.07, 6.45) is 0. The highest BCUT2D eigenvalue weighted by molar-refractivity contribution is 4.61. The molecule has 0 radical (unpaired) electrons. The molecule has 0 amide bonds. The molecule has 0 rings (SSSR count). The van der Waals surface area contributed by atoms with Crippen LogP contribution in [-0.4, -0.2) is 65.1 Å². The monoisotopic (exact) mass is 232 g/mol. The van der Waals surface area contributed by atoms with E-state index in [1.165, 1.54) is 0 Å². The molecule has 0 saturated heterocycles.